The van der Waals surface area contributed by atoms with E-state index in [1.807, 2.05) is 55.4 Å². The molecule has 202 valence electrons. The second kappa shape index (κ2) is 11.9. The molecule has 39 heavy (non-hydrogen) atoms. The van der Waals surface area contributed by atoms with E-state index in [1.165, 1.54) is 19.2 Å². The van der Waals surface area contributed by atoms with Crippen molar-refractivity contribution in [3.63, 3.8) is 0 Å². The summed E-state index contributed by atoms with van der Waals surface area (Å²) in [5.41, 5.74) is 4.75. The summed E-state index contributed by atoms with van der Waals surface area (Å²) in [6.45, 7) is 0.658. The van der Waals surface area contributed by atoms with E-state index in [-0.39, 0.29) is 24.2 Å². The first-order chi connectivity index (χ1) is 18.7. The molecule has 2 amide bonds. The second-order valence-corrected chi connectivity index (χ2v) is 9.52. The molecular weight excluding hydrogens is 499 g/mol. The predicted molar refractivity (Wildman–Crippen MR) is 151 cm³/mol. The molecule has 4 rings (SSSR count). The van der Waals surface area contributed by atoms with Gasteiger partial charge >= 0.3 is 5.97 Å². The number of carbonyl (C=O) groups excluding carboxylic acids is 3. The van der Waals surface area contributed by atoms with E-state index in [0.717, 1.165) is 11.3 Å². The number of amides is 2. The van der Waals surface area contributed by atoms with Gasteiger partial charge in [0.15, 0.2) is 0 Å². The van der Waals surface area contributed by atoms with Gasteiger partial charge < -0.3 is 25.2 Å². The lowest BCUT2D eigenvalue weighted by molar-refractivity contribution is -0.139. The van der Waals surface area contributed by atoms with Crippen molar-refractivity contribution in [1.82, 2.24) is 4.90 Å². The molecule has 0 aliphatic carbocycles. The monoisotopic (exact) mass is 530 g/mol. The van der Waals surface area contributed by atoms with Crippen molar-refractivity contribution in [2.75, 3.05) is 50.3 Å². The molecule has 1 aliphatic heterocycles. The Bertz CT molecular complexity index is 1420. The van der Waals surface area contributed by atoms with Gasteiger partial charge in [-0.15, -0.1) is 0 Å². The number of halogens is 1. The van der Waals surface area contributed by atoms with Crippen LogP contribution in [-0.2, 0) is 25.5 Å². The fourth-order valence-corrected chi connectivity index (χ4v) is 4.24. The Morgan fingerprint density at radius 2 is 1.67 bits per heavy atom. The first-order valence-corrected chi connectivity index (χ1v) is 12.5. The number of benzene rings is 3. The van der Waals surface area contributed by atoms with Crippen molar-refractivity contribution >= 4 is 46.1 Å². The predicted octanol–water partition coefficient (Wildman–Crippen LogP) is 4.39. The van der Waals surface area contributed by atoms with Gasteiger partial charge in [0, 0.05) is 37.0 Å². The van der Waals surface area contributed by atoms with Crippen LogP contribution in [0.1, 0.15) is 23.1 Å². The number of hydrogen-bond acceptors (Lipinski definition) is 6. The van der Waals surface area contributed by atoms with Crippen LogP contribution in [0.3, 0.4) is 0 Å². The summed E-state index contributed by atoms with van der Waals surface area (Å²) in [4.78, 5) is 40.9. The fourth-order valence-electron chi connectivity index (χ4n) is 4.24. The van der Waals surface area contributed by atoms with E-state index >= 15 is 0 Å². The van der Waals surface area contributed by atoms with Crippen LogP contribution in [0, 0.1) is 5.82 Å². The third-order valence-electron chi connectivity index (χ3n) is 6.47. The van der Waals surface area contributed by atoms with Crippen LogP contribution >= 0.6 is 0 Å². The van der Waals surface area contributed by atoms with Crippen LogP contribution < -0.4 is 15.5 Å². The highest BCUT2D eigenvalue weighted by atomic mass is 19.1. The number of ether oxygens (including phenoxy) is 1. The SMILES string of the molecule is COC(=O)Cc1ccc(/C(Nc2ccc(N(C)C(=O)CCN(C)C)cc2)=C2/C(=O)Nc3cc(F)ccc32)cc1. The van der Waals surface area contributed by atoms with E-state index < -0.39 is 5.82 Å². The van der Waals surface area contributed by atoms with Crippen LogP contribution in [0.15, 0.2) is 66.7 Å². The number of nitrogens with one attached hydrogen (secondary N) is 2. The summed E-state index contributed by atoms with van der Waals surface area (Å²) >= 11 is 0. The summed E-state index contributed by atoms with van der Waals surface area (Å²) in [5.74, 6) is -1.15. The van der Waals surface area contributed by atoms with Crippen molar-refractivity contribution < 1.29 is 23.5 Å². The van der Waals surface area contributed by atoms with Gasteiger partial charge in [-0.1, -0.05) is 24.3 Å². The number of nitrogens with zero attached hydrogens (tertiary/aromatic N) is 2. The average Bonchev–Trinajstić information content (AvgIpc) is 3.25. The van der Waals surface area contributed by atoms with Crippen molar-refractivity contribution in [2.24, 2.45) is 0 Å². The topological polar surface area (TPSA) is 91.0 Å². The zero-order valence-corrected chi connectivity index (χ0v) is 22.4. The Morgan fingerprint density at radius 3 is 2.31 bits per heavy atom. The highest BCUT2D eigenvalue weighted by molar-refractivity contribution is 6.37. The second-order valence-electron chi connectivity index (χ2n) is 9.52. The lowest BCUT2D eigenvalue weighted by Gasteiger charge is -2.20. The van der Waals surface area contributed by atoms with Gasteiger partial charge in [-0.2, -0.15) is 0 Å². The van der Waals surface area contributed by atoms with Crippen molar-refractivity contribution in [1.29, 1.82) is 0 Å². The molecule has 0 saturated heterocycles. The molecule has 0 aromatic heterocycles. The van der Waals surface area contributed by atoms with Gasteiger partial charge in [0.2, 0.25) is 5.91 Å². The van der Waals surface area contributed by atoms with Gasteiger partial charge in [0.1, 0.15) is 5.82 Å². The Hall–Kier alpha value is -4.50. The molecule has 0 fully saturated rings. The molecular formula is C30H31FN4O4. The van der Waals surface area contributed by atoms with E-state index in [4.69, 9.17) is 4.74 Å². The van der Waals surface area contributed by atoms with Crippen molar-refractivity contribution in [3.05, 3.63) is 89.2 Å². The number of hydrogen-bond donors (Lipinski definition) is 2. The lowest BCUT2D eigenvalue weighted by Crippen LogP contribution is -2.29. The molecule has 0 radical (unpaired) electrons. The van der Waals surface area contributed by atoms with E-state index in [2.05, 4.69) is 10.6 Å². The van der Waals surface area contributed by atoms with Gasteiger partial charge in [-0.3, -0.25) is 14.4 Å². The van der Waals surface area contributed by atoms with Crippen molar-refractivity contribution in [3.8, 4) is 0 Å². The molecule has 1 heterocycles. The molecule has 0 saturated carbocycles. The van der Waals surface area contributed by atoms with Crippen molar-refractivity contribution in [2.45, 2.75) is 12.8 Å². The minimum absolute atomic E-state index is 0.00530. The molecule has 0 unspecified atom stereocenters. The van der Waals surface area contributed by atoms with Crippen LogP contribution in [0.4, 0.5) is 21.5 Å². The van der Waals surface area contributed by atoms with Gasteiger partial charge in [-0.05, 0) is 67.7 Å². The third kappa shape index (κ3) is 6.50. The summed E-state index contributed by atoms with van der Waals surface area (Å²) in [6, 6.07) is 18.7. The zero-order chi connectivity index (χ0) is 28.1. The van der Waals surface area contributed by atoms with Crippen LogP contribution in [-0.4, -0.2) is 57.5 Å². The van der Waals surface area contributed by atoms with Crippen LogP contribution in [0.5, 0.6) is 0 Å². The molecule has 0 atom stereocenters. The largest absolute Gasteiger partial charge is 0.469 e. The Morgan fingerprint density at radius 1 is 0.974 bits per heavy atom. The van der Waals surface area contributed by atoms with Gasteiger partial charge in [0.25, 0.3) is 5.91 Å². The molecule has 0 spiro atoms. The third-order valence-corrected chi connectivity index (χ3v) is 6.47. The summed E-state index contributed by atoms with van der Waals surface area (Å²) in [7, 11) is 6.92. The quantitative estimate of drug-likeness (QED) is 0.315. The lowest BCUT2D eigenvalue weighted by atomic mass is 9.98. The molecule has 1 aliphatic rings. The molecule has 0 bridgehead atoms. The fraction of sp³-hybridized carbons (Fsp3) is 0.233. The van der Waals surface area contributed by atoms with Gasteiger partial charge in [0.05, 0.1) is 30.5 Å². The molecule has 3 aromatic rings. The van der Waals surface area contributed by atoms with Gasteiger partial charge in [-0.25, -0.2) is 4.39 Å². The highest BCUT2D eigenvalue weighted by Crippen LogP contribution is 2.38. The number of methoxy groups -OCH3 is 1. The highest BCUT2D eigenvalue weighted by Gasteiger charge is 2.29. The maximum absolute atomic E-state index is 13.9. The number of fused-ring (bicyclic) bond motifs is 1. The Labute approximate surface area is 227 Å². The Kier molecular flexibility index (Phi) is 8.41. The number of anilines is 3. The summed E-state index contributed by atoms with van der Waals surface area (Å²) in [6.07, 6.45) is 0.530. The summed E-state index contributed by atoms with van der Waals surface area (Å²) in [5, 5.41) is 6.09. The molecule has 3 aromatic carbocycles. The smallest absolute Gasteiger partial charge is 0.309 e. The van der Waals surface area contributed by atoms with Crippen LogP contribution in [0.2, 0.25) is 0 Å². The molecule has 9 heteroatoms. The number of carbonyl (C=O) groups is 3. The number of esters is 1. The normalized spacial score (nSPS) is 13.5. The summed E-state index contributed by atoms with van der Waals surface area (Å²) < 4.78 is 18.6. The van der Waals surface area contributed by atoms with E-state index in [0.29, 0.717) is 46.7 Å². The first-order valence-electron chi connectivity index (χ1n) is 12.5. The van der Waals surface area contributed by atoms with Crippen LogP contribution in [0.25, 0.3) is 11.3 Å². The minimum Gasteiger partial charge on any atom is -0.469 e. The maximum atomic E-state index is 13.9. The number of rotatable bonds is 9. The maximum Gasteiger partial charge on any atom is 0.309 e. The molecule has 8 nitrogen and oxygen atoms in total. The van der Waals surface area contributed by atoms with E-state index in [1.54, 1.807) is 30.1 Å². The first kappa shape index (κ1) is 27.5. The average molecular weight is 531 g/mol. The zero-order valence-electron chi connectivity index (χ0n) is 22.4. The Balaban J connectivity index is 1.68. The van der Waals surface area contributed by atoms with E-state index in [9.17, 15) is 18.8 Å². The standard InChI is InChI=1S/C30H31FN4O4/c1-34(2)16-15-26(36)35(3)23-12-10-22(11-13-23)32-29(20-7-5-19(6-8-20)17-27(37)39-4)28-24-14-9-21(31)18-25(24)33-30(28)38/h5-14,18,32H,15-17H2,1-4H3,(H,33,38)/b29-28-. The molecule has 2 N–H and O–H groups in total. The minimum atomic E-state index is -0.447.